The fourth-order valence-electron chi connectivity index (χ4n) is 3.38. The summed E-state index contributed by atoms with van der Waals surface area (Å²) in [5.41, 5.74) is 3.96. The van der Waals surface area contributed by atoms with Crippen LogP contribution in [0.5, 0.6) is 0 Å². The number of benzene rings is 2. The van der Waals surface area contributed by atoms with Crippen LogP contribution in [0.4, 0.5) is 13.2 Å². The van der Waals surface area contributed by atoms with E-state index in [2.05, 4.69) is 20.5 Å². The summed E-state index contributed by atoms with van der Waals surface area (Å²) in [6.45, 7) is 2.80. The number of aromatic nitrogens is 6. The molecule has 2 aromatic carbocycles. The van der Waals surface area contributed by atoms with Crippen LogP contribution in [0, 0.1) is 13.8 Å². The van der Waals surface area contributed by atoms with Gasteiger partial charge in [-0.2, -0.15) is 17.9 Å². The van der Waals surface area contributed by atoms with Crippen molar-refractivity contribution in [1.82, 2.24) is 29.8 Å². The first kappa shape index (κ1) is 21.1. The molecule has 0 spiro atoms. The average molecular weight is 444 g/mol. The molecule has 0 aliphatic rings. The van der Waals surface area contributed by atoms with E-state index >= 15 is 0 Å². The second kappa shape index (κ2) is 8.54. The summed E-state index contributed by atoms with van der Waals surface area (Å²) in [5, 5.41) is 12.2. The first-order valence-corrected chi connectivity index (χ1v) is 10.5. The van der Waals surface area contributed by atoms with Crippen LogP contribution in [-0.2, 0) is 12.3 Å². The summed E-state index contributed by atoms with van der Waals surface area (Å²) < 4.78 is 42.7. The van der Waals surface area contributed by atoms with Gasteiger partial charge in [0.25, 0.3) is 0 Å². The van der Waals surface area contributed by atoms with Gasteiger partial charge in [0.2, 0.25) is 0 Å². The minimum atomic E-state index is -4.38. The SMILES string of the molecule is Cc1cccc(C)c1-n1nnnc1CSc1ncc(-c2ccccc2)n1CC(F)(F)F. The van der Waals surface area contributed by atoms with E-state index in [0.29, 0.717) is 17.1 Å². The number of halogens is 3. The fourth-order valence-corrected chi connectivity index (χ4v) is 4.27. The van der Waals surface area contributed by atoms with Gasteiger partial charge in [-0.05, 0) is 41.0 Å². The molecule has 6 nitrogen and oxygen atoms in total. The number of thioether (sulfide) groups is 1. The largest absolute Gasteiger partial charge is 0.406 e. The number of hydrogen-bond donors (Lipinski definition) is 0. The van der Waals surface area contributed by atoms with E-state index in [9.17, 15) is 13.2 Å². The smallest absolute Gasteiger partial charge is 0.310 e. The molecule has 0 radical (unpaired) electrons. The Labute approximate surface area is 181 Å². The van der Waals surface area contributed by atoms with Crippen LogP contribution in [0.15, 0.2) is 59.9 Å². The molecule has 0 atom stereocenters. The third-order valence-electron chi connectivity index (χ3n) is 4.74. The van der Waals surface area contributed by atoms with Crippen LogP contribution in [0.25, 0.3) is 16.9 Å². The number of tetrazole rings is 1. The second-order valence-corrected chi connectivity index (χ2v) is 7.97. The van der Waals surface area contributed by atoms with Gasteiger partial charge in [-0.1, -0.05) is 60.3 Å². The van der Waals surface area contributed by atoms with Crippen molar-refractivity contribution >= 4 is 11.8 Å². The van der Waals surface area contributed by atoms with Crippen molar-refractivity contribution in [3.8, 4) is 16.9 Å². The van der Waals surface area contributed by atoms with Crippen molar-refractivity contribution in [2.24, 2.45) is 0 Å². The zero-order valence-electron chi connectivity index (χ0n) is 16.8. The van der Waals surface area contributed by atoms with Gasteiger partial charge in [-0.3, -0.25) is 0 Å². The van der Waals surface area contributed by atoms with E-state index in [1.807, 2.05) is 38.1 Å². The summed E-state index contributed by atoms with van der Waals surface area (Å²) in [5.74, 6) is 0.800. The van der Waals surface area contributed by atoms with E-state index in [1.165, 1.54) is 22.5 Å². The molecule has 10 heteroatoms. The maximum absolute atomic E-state index is 13.3. The zero-order chi connectivity index (χ0) is 22.0. The average Bonchev–Trinajstić information content (AvgIpc) is 3.33. The van der Waals surface area contributed by atoms with Gasteiger partial charge in [0.1, 0.15) is 6.54 Å². The molecule has 31 heavy (non-hydrogen) atoms. The summed E-state index contributed by atoms with van der Waals surface area (Å²) in [6, 6.07) is 14.8. The van der Waals surface area contributed by atoms with Gasteiger partial charge in [-0.15, -0.1) is 5.10 Å². The lowest BCUT2D eigenvalue weighted by atomic mass is 10.1. The van der Waals surface area contributed by atoms with Crippen molar-refractivity contribution in [2.75, 3.05) is 0 Å². The summed E-state index contributed by atoms with van der Waals surface area (Å²) >= 11 is 1.17. The summed E-state index contributed by atoms with van der Waals surface area (Å²) in [4.78, 5) is 4.26. The maximum Gasteiger partial charge on any atom is 0.406 e. The second-order valence-electron chi connectivity index (χ2n) is 7.03. The monoisotopic (exact) mass is 444 g/mol. The van der Waals surface area contributed by atoms with Gasteiger partial charge in [0, 0.05) is 0 Å². The quantitative estimate of drug-likeness (QED) is 0.392. The Kier molecular flexibility index (Phi) is 5.81. The number of rotatable bonds is 6. The molecule has 0 amide bonds. The molecule has 0 N–H and O–H groups in total. The molecule has 2 heterocycles. The van der Waals surface area contributed by atoms with Gasteiger partial charge in [0.15, 0.2) is 11.0 Å². The highest BCUT2D eigenvalue weighted by Gasteiger charge is 2.31. The highest BCUT2D eigenvalue weighted by atomic mass is 32.2. The standard InChI is InChI=1S/C21H19F3N6S/c1-14-7-6-8-15(2)19(14)30-18(26-27-28-30)12-31-20-25-11-17(16-9-4-3-5-10-16)29(20)13-21(22,23)24/h3-11H,12-13H2,1-2H3. The predicted octanol–water partition coefficient (Wildman–Crippen LogP) is 5.00. The van der Waals surface area contributed by atoms with Crippen LogP contribution in [-0.4, -0.2) is 35.9 Å². The zero-order valence-corrected chi connectivity index (χ0v) is 17.7. The molecule has 0 bridgehead atoms. The third kappa shape index (κ3) is 4.63. The van der Waals surface area contributed by atoms with Crippen molar-refractivity contribution in [1.29, 1.82) is 0 Å². The Balaban J connectivity index is 1.65. The Bertz CT molecular complexity index is 1160. The van der Waals surface area contributed by atoms with E-state index in [1.54, 1.807) is 28.9 Å². The lowest BCUT2D eigenvalue weighted by Crippen LogP contribution is -2.19. The highest BCUT2D eigenvalue weighted by Crippen LogP contribution is 2.31. The minimum Gasteiger partial charge on any atom is -0.310 e. The molecule has 2 aromatic heterocycles. The van der Waals surface area contributed by atoms with Crippen LogP contribution < -0.4 is 0 Å². The molecule has 0 aliphatic carbocycles. The molecular weight excluding hydrogens is 425 g/mol. The van der Waals surface area contributed by atoms with Crippen LogP contribution in [0.3, 0.4) is 0 Å². The van der Waals surface area contributed by atoms with Gasteiger partial charge in [0.05, 0.1) is 23.3 Å². The van der Waals surface area contributed by atoms with E-state index in [4.69, 9.17) is 0 Å². The minimum absolute atomic E-state index is 0.257. The Hall–Kier alpha value is -3.14. The molecule has 0 unspecified atom stereocenters. The Morgan fingerprint density at radius 1 is 0.968 bits per heavy atom. The highest BCUT2D eigenvalue weighted by molar-refractivity contribution is 7.98. The van der Waals surface area contributed by atoms with E-state index in [-0.39, 0.29) is 10.9 Å². The molecule has 4 rings (SSSR count). The molecule has 0 saturated carbocycles. The number of aryl methyl sites for hydroxylation is 2. The molecule has 0 aliphatic heterocycles. The summed E-state index contributed by atoms with van der Waals surface area (Å²) in [6.07, 6.45) is -2.91. The van der Waals surface area contributed by atoms with Gasteiger partial charge >= 0.3 is 6.18 Å². The number of imidazole rings is 1. The molecular formula is C21H19F3N6S. The number of nitrogens with zero attached hydrogens (tertiary/aromatic N) is 6. The normalized spacial score (nSPS) is 11.8. The van der Waals surface area contributed by atoms with Gasteiger partial charge < -0.3 is 4.57 Å². The maximum atomic E-state index is 13.3. The molecule has 4 aromatic rings. The van der Waals surface area contributed by atoms with Crippen molar-refractivity contribution in [3.05, 3.63) is 71.7 Å². The third-order valence-corrected chi connectivity index (χ3v) is 5.73. The lowest BCUT2D eigenvalue weighted by Gasteiger charge is -2.14. The molecule has 160 valence electrons. The number of alkyl halides is 3. The van der Waals surface area contributed by atoms with Crippen LogP contribution >= 0.6 is 11.8 Å². The lowest BCUT2D eigenvalue weighted by molar-refractivity contribution is -0.141. The molecule has 0 saturated heterocycles. The van der Waals surface area contributed by atoms with Crippen LogP contribution in [0.2, 0.25) is 0 Å². The summed E-state index contributed by atoms with van der Waals surface area (Å²) in [7, 11) is 0. The van der Waals surface area contributed by atoms with Gasteiger partial charge in [-0.25, -0.2) is 4.98 Å². The molecule has 0 fully saturated rings. The fraction of sp³-hybridized carbons (Fsp3) is 0.238. The number of para-hydroxylation sites is 1. The number of hydrogen-bond acceptors (Lipinski definition) is 5. The Morgan fingerprint density at radius 2 is 1.68 bits per heavy atom. The first-order valence-electron chi connectivity index (χ1n) is 9.48. The van der Waals surface area contributed by atoms with Crippen LogP contribution in [0.1, 0.15) is 17.0 Å². The van der Waals surface area contributed by atoms with Crippen molar-refractivity contribution in [2.45, 2.75) is 37.5 Å². The van der Waals surface area contributed by atoms with Crippen molar-refractivity contribution in [3.63, 3.8) is 0 Å². The Morgan fingerprint density at radius 3 is 2.35 bits per heavy atom. The van der Waals surface area contributed by atoms with E-state index in [0.717, 1.165) is 16.8 Å². The van der Waals surface area contributed by atoms with E-state index < -0.39 is 12.7 Å². The topological polar surface area (TPSA) is 61.4 Å². The first-order chi connectivity index (χ1) is 14.8. The predicted molar refractivity (Wildman–Crippen MR) is 112 cm³/mol. The van der Waals surface area contributed by atoms with Crippen molar-refractivity contribution < 1.29 is 13.2 Å².